The molecular weight excluding hydrogens is 276 g/mol. The second-order valence-corrected chi connectivity index (χ2v) is 6.98. The Kier molecular flexibility index (Phi) is 5.17. The topological polar surface area (TPSA) is 76.0 Å². The van der Waals surface area contributed by atoms with Crippen molar-refractivity contribution in [2.45, 2.75) is 50.7 Å². The summed E-state index contributed by atoms with van der Waals surface area (Å²) >= 11 is 0. The minimum Gasteiger partial charge on any atom is -0.336 e. The number of imidazole rings is 1. The first kappa shape index (κ1) is 15.5. The van der Waals surface area contributed by atoms with Crippen molar-refractivity contribution < 1.29 is 8.42 Å². The zero-order valence-corrected chi connectivity index (χ0v) is 13.0. The monoisotopic (exact) mass is 300 g/mol. The molecule has 2 atom stereocenters. The first-order valence-electron chi connectivity index (χ1n) is 7.31. The molecule has 0 aliphatic carbocycles. The first-order valence-corrected chi connectivity index (χ1v) is 8.80. The number of hydrogen-bond donors (Lipinski definition) is 2. The predicted octanol–water partition coefficient (Wildman–Crippen LogP) is 0.960. The molecule has 0 radical (unpaired) electrons. The van der Waals surface area contributed by atoms with Crippen molar-refractivity contribution in [2.75, 3.05) is 13.1 Å². The molecular formula is C13H24N4O2S. The highest BCUT2D eigenvalue weighted by molar-refractivity contribution is 7.89. The highest BCUT2D eigenvalue weighted by atomic mass is 32.2. The van der Waals surface area contributed by atoms with E-state index in [0.717, 1.165) is 13.0 Å². The van der Waals surface area contributed by atoms with Crippen LogP contribution < -0.4 is 10.0 Å². The molecule has 20 heavy (non-hydrogen) atoms. The minimum absolute atomic E-state index is 0.100. The molecule has 1 fully saturated rings. The summed E-state index contributed by atoms with van der Waals surface area (Å²) in [5.74, 6) is 0.541. The number of aromatic nitrogens is 2. The van der Waals surface area contributed by atoms with E-state index in [9.17, 15) is 8.42 Å². The van der Waals surface area contributed by atoms with Crippen LogP contribution >= 0.6 is 0 Å². The molecule has 0 saturated carbocycles. The van der Waals surface area contributed by atoms with E-state index >= 15 is 0 Å². The molecule has 0 bridgehead atoms. The van der Waals surface area contributed by atoms with Crippen molar-refractivity contribution in [1.29, 1.82) is 0 Å². The van der Waals surface area contributed by atoms with Crippen LogP contribution in [0.25, 0.3) is 0 Å². The molecule has 2 N–H and O–H groups in total. The van der Waals surface area contributed by atoms with E-state index < -0.39 is 10.0 Å². The van der Waals surface area contributed by atoms with Crippen molar-refractivity contribution in [3.8, 4) is 0 Å². The molecule has 0 spiro atoms. The van der Waals surface area contributed by atoms with E-state index in [1.165, 1.54) is 12.8 Å². The van der Waals surface area contributed by atoms with Gasteiger partial charge in [0.05, 0.1) is 6.33 Å². The van der Waals surface area contributed by atoms with Crippen LogP contribution in [0.1, 0.15) is 33.1 Å². The van der Waals surface area contributed by atoms with E-state index in [0.29, 0.717) is 19.0 Å². The van der Waals surface area contributed by atoms with Gasteiger partial charge in [0.15, 0.2) is 5.03 Å². The maximum Gasteiger partial charge on any atom is 0.259 e. The van der Waals surface area contributed by atoms with Gasteiger partial charge in [0, 0.05) is 25.3 Å². The average Bonchev–Trinajstić information content (AvgIpc) is 2.95. The SMILES string of the molecule is CCC1CCCNC1CNS(=O)(=O)c1cn(CC)cn1. The Labute approximate surface area is 121 Å². The van der Waals surface area contributed by atoms with E-state index in [-0.39, 0.29) is 11.1 Å². The second kappa shape index (κ2) is 6.69. The van der Waals surface area contributed by atoms with Crippen LogP contribution in [0.5, 0.6) is 0 Å². The first-order chi connectivity index (χ1) is 9.56. The summed E-state index contributed by atoms with van der Waals surface area (Å²) in [4.78, 5) is 3.95. The fourth-order valence-corrected chi connectivity index (χ4v) is 3.68. The second-order valence-electron chi connectivity index (χ2n) is 5.27. The molecule has 1 aliphatic heterocycles. The van der Waals surface area contributed by atoms with Crippen LogP contribution in [0.15, 0.2) is 17.6 Å². The predicted molar refractivity (Wildman–Crippen MR) is 77.9 cm³/mol. The van der Waals surface area contributed by atoms with E-state index in [2.05, 4.69) is 21.9 Å². The van der Waals surface area contributed by atoms with Gasteiger partial charge >= 0.3 is 0 Å². The summed E-state index contributed by atoms with van der Waals surface area (Å²) in [6.07, 6.45) is 6.52. The van der Waals surface area contributed by atoms with Crippen LogP contribution in [-0.4, -0.2) is 37.1 Å². The third-order valence-corrected chi connectivity index (χ3v) is 5.30. The Hall–Kier alpha value is -0.920. The minimum atomic E-state index is -3.50. The van der Waals surface area contributed by atoms with Crippen LogP contribution in [0, 0.1) is 5.92 Å². The third-order valence-electron chi connectivity index (χ3n) is 3.99. The molecule has 1 aromatic heterocycles. The zero-order valence-electron chi connectivity index (χ0n) is 12.2. The Morgan fingerprint density at radius 2 is 2.30 bits per heavy atom. The molecule has 1 aromatic rings. The zero-order chi connectivity index (χ0) is 14.6. The largest absolute Gasteiger partial charge is 0.336 e. The molecule has 7 heteroatoms. The molecule has 1 aliphatic rings. The molecule has 0 aromatic carbocycles. The van der Waals surface area contributed by atoms with Crippen molar-refractivity contribution in [1.82, 2.24) is 19.6 Å². The summed E-state index contributed by atoms with van der Waals surface area (Å²) in [5.41, 5.74) is 0. The quantitative estimate of drug-likeness (QED) is 0.820. The van der Waals surface area contributed by atoms with Gasteiger partial charge in [-0.2, -0.15) is 0 Å². The number of aryl methyl sites for hydroxylation is 1. The van der Waals surface area contributed by atoms with E-state index in [1.807, 2.05) is 6.92 Å². The summed E-state index contributed by atoms with van der Waals surface area (Å²) in [7, 11) is -3.50. The van der Waals surface area contributed by atoms with Gasteiger partial charge in [-0.25, -0.2) is 18.1 Å². The van der Waals surface area contributed by atoms with Gasteiger partial charge in [-0.15, -0.1) is 0 Å². The lowest BCUT2D eigenvalue weighted by Crippen LogP contribution is -2.48. The number of piperidine rings is 1. The number of nitrogens with zero attached hydrogens (tertiary/aromatic N) is 2. The smallest absolute Gasteiger partial charge is 0.259 e. The Morgan fingerprint density at radius 3 is 2.95 bits per heavy atom. The lowest BCUT2D eigenvalue weighted by molar-refractivity contribution is 0.273. The average molecular weight is 300 g/mol. The highest BCUT2D eigenvalue weighted by Gasteiger charge is 2.25. The van der Waals surface area contributed by atoms with Gasteiger partial charge in [-0.05, 0) is 32.2 Å². The lowest BCUT2D eigenvalue weighted by Gasteiger charge is -2.32. The summed E-state index contributed by atoms with van der Waals surface area (Å²) in [6.45, 7) is 6.21. The molecule has 1 saturated heterocycles. The van der Waals surface area contributed by atoms with Crippen molar-refractivity contribution in [3.05, 3.63) is 12.5 Å². The van der Waals surface area contributed by atoms with Crippen LogP contribution in [0.2, 0.25) is 0 Å². The molecule has 2 unspecified atom stereocenters. The van der Waals surface area contributed by atoms with Crippen molar-refractivity contribution in [3.63, 3.8) is 0 Å². The van der Waals surface area contributed by atoms with E-state index in [4.69, 9.17) is 0 Å². The van der Waals surface area contributed by atoms with Gasteiger partial charge in [0.1, 0.15) is 0 Å². The summed E-state index contributed by atoms with van der Waals surface area (Å²) in [5, 5.41) is 3.51. The lowest BCUT2D eigenvalue weighted by atomic mass is 9.89. The van der Waals surface area contributed by atoms with Crippen LogP contribution in [0.3, 0.4) is 0 Å². The number of nitrogens with one attached hydrogen (secondary N) is 2. The number of sulfonamides is 1. The summed E-state index contributed by atoms with van der Waals surface area (Å²) in [6, 6.07) is 0.219. The van der Waals surface area contributed by atoms with Crippen molar-refractivity contribution in [2.24, 2.45) is 5.92 Å². The van der Waals surface area contributed by atoms with Gasteiger partial charge in [0.25, 0.3) is 10.0 Å². The Morgan fingerprint density at radius 1 is 1.50 bits per heavy atom. The Bertz CT molecular complexity index is 526. The maximum absolute atomic E-state index is 12.2. The van der Waals surface area contributed by atoms with Gasteiger partial charge in [-0.3, -0.25) is 0 Å². The van der Waals surface area contributed by atoms with Gasteiger partial charge < -0.3 is 9.88 Å². The molecule has 114 valence electrons. The number of rotatable bonds is 6. The van der Waals surface area contributed by atoms with Gasteiger partial charge in [0.2, 0.25) is 0 Å². The standard InChI is InChI=1S/C13H24N4O2S/c1-3-11-6-5-7-14-12(11)8-16-20(18,19)13-9-17(4-2)10-15-13/h9-12,14,16H,3-8H2,1-2H3. The van der Waals surface area contributed by atoms with Crippen LogP contribution in [0.4, 0.5) is 0 Å². The fraction of sp³-hybridized carbons (Fsp3) is 0.769. The normalized spacial score (nSPS) is 23.9. The summed E-state index contributed by atoms with van der Waals surface area (Å²) < 4.78 is 28.8. The molecule has 6 nitrogen and oxygen atoms in total. The van der Waals surface area contributed by atoms with Gasteiger partial charge in [-0.1, -0.05) is 13.3 Å². The van der Waals surface area contributed by atoms with Crippen LogP contribution in [-0.2, 0) is 16.6 Å². The third kappa shape index (κ3) is 3.59. The Balaban J connectivity index is 1.98. The number of hydrogen-bond acceptors (Lipinski definition) is 4. The molecule has 0 amide bonds. The molecule has 2 rings (SSSR count). The van der Waals surface area contributed by atoms with Crippen molar-refractivity contribution >= 4 is 10.0 Å². The molecule has 2 heterocycles. The maximum atomic E-state index is 12.2. The fourth-order valence-electron chi connectivity index (χ4n) is 2.67. The van der Waals surface area contributed by atoms with E-state index in [1.54, 1.807) is 17.1 Å². The highest BCUT2D eigenvalue weighted by Crippen LogP contribution is 2.19.